The van der Waals surface area contributed by atoms with Crippen LogP contribution in [-0.4, -0.2) is 145 Å². The number of carbonyl (C=O) groups is 6. The van der Waals surface area contributed by atoms with Crippen LogP contribution in [0.4, 0.5) is 0 Å². The zero-order chi connectivity index (χ0) is 52.3. The van der Waals surface area contributed by atoms with Crippen molar-refractivity contribution in [1.29, 1.82) is 0 Å². The molecule has 2 heterocycles. The van der Waals surface area contributed by atoms with Crippen LogP contribution in [0.15, 0.2) is 97.1 Å². The van der Waals surface area contributed by atoms with Crippen molar-refractivity contribution in [3.05, 3.63) is 119 Å². The van der Waals surface area contributed by atoms with E-state index < -0.39 is 35.0 Å². The first-order valence-corrected chi connectivity index (χ1v) is 26.0. The summed E-state index contributed by atoms with van der Waals surface area (Å²) in [6.45, 7) is 17.9. The molecule has 6 atom stereocenters. The van der Waals surface area contributed by atoms with Crippen LogP contribution in [0, 0.1) is 10.8 Å². The summed E-state index contributed by atoms with van der Waals surface area (Å²) in [7, 11) is 3.43. The van der Waals surface area contributed by atoms with Gasteiger partial charge in [-0.3, -0.25) is 28.8 Å². The van der Waals surface area contributed by atoms with Crippen molar-refractivity contribution in [2.45, 2.75) is 130 Å². The summed E-state index contributed by atoms with van der Waals surface area (Å²) in [6, 6.07) is 28.4. The molecule has 6 rings (SSSR count). The number of hydrogen-bond donors (Lipinski definition) is 4. The van der Waals surface area contributed by atoms with Crippen LogP contribution >= 0.6 is 0 Å². The molecule has 0 bridgehead atoms. The van der Waals surface area contributed by atoms with Gasteiger partial charge in [0.05, 0.1) is 12.1 Å². The third kappa shape index (κ3) is 14.1. The van der Waals surface area contributed by atoms with Crippen molar-refractivity contribution in [2.75, 3.05) is 53.4 Å². The highest BCUT2D eigenvalue weighted by Gasteiger charge is 2.42. The summed E-state index contributed by atoms with van der Waals surface area (Å²) in [5.74, 6) is -1.07. The molecule has 0 aromatic heterocycles. The minimum absolute atomic E-state index is 0.143. The number of amides is 6. The minimum Gasteiger partial charge on any atom is -0.342 e. The summed E-state index contributed by atoms with van der Waals surface area (Å²) in [5.41, 5.74) is 2.11. The Morgan fingerprint density at radius 2 is 0.917 bits per heavy atom. The maximum atomic E-state index is 14.8. The Labute approximate surface area is 428 Å². The smallest absolute Gasteiger partial charge is 0.253 e. The molecule has 0 saturated carbocycles. The van der Waals surface area contributed by atoms with E-state index in [9.17, 15) is 28.8 Å². The lowest BCUT2D eigenvalue weighted by Gasteiger charge is -2.37. The van der Waals surface area contributed by atoms with E-state index in [1.165, 1.54) is 0 Å². The molecule has 2 aliphatic heterocycles. The standard InChI is InChI=1S/C58H80N8O6/c1-39(59-9)51(67)61-49(57(3,4)5)55(71)65-31-17-23-47(65)37-63(33-29-41-19-13-11-14-20-41)53(69)45-27-25-44-36-46(28-26-43(44)35-45)54(70)64(34-30-42-21-15-12-16-22-42)38-48-24-18-32-66(48)56(72)50(58(6,7)8)62-52(68)40(2)60-10/h11-16,19-22,25-28,35-36,39-40,47-50,59-60H,17-18,23-24,29-34,37-38H2,1-10H3,(H,61,67)(H,62,68)/t39-,40-,47-,48+,49+,50+/m0/s1. The van der Waals surface area contributed by atoms with Gasteiger partial charge in [-0.2, -0.15) is 0 Å². The molecule has 388 valence electrons. The van der Waals surface area contributed by atoms with Gasteiger partial charge in [0.1, 0.15) is 12.1 Å². The maximum absolute atomic E-state index is 14.8. The van der Waals surface area contributed by atoms with Gasteiger partial charge in [0.2, 0.25) is 23.6 Å². The SMILES string of the molecule is CN[C@@H](C)C(=O)N[C@H](C(=O)N1CCC[C@@H]1CN(CCc1ccccc1)C(=O)c1ccc2cc(C(=O)N(CCc3ccccc3)C[C@@H]3CCCN3C(=O)[C@@H](NC(=O)[C@H](C)NC)C(C)(C)C)ccc2c1)C(C)(C)C. The largest absolute Gasteiger partial charge is 0.342 e. The van der Waals surface area contributed by atoms with E-state index in [1.54, 1.807) is 27.9 Å². The predicted octanol–water partition coefficient (Wildman–Crippen LogP) is 6.47. The van der Waals surface area contributed by atoms with Gasteiger partial charge in [-0.05, 0) is 123 Å². The van der Waals surface area contributed by atoms with Crippen LogP contribution in [0.5, 0.6) is 0 Å². The Bertz CT molecular complexity index is 2330. The van der Waals surface area contributed by atoms with Gasteiger partial charge in [0.15, 0.2) is 0 Å². The fraction of sp³-hybridized carbons (Fsp3) is 0.517. The lowest BCUT2D eigenvalue weighted by atomic mass is 9.85. The summed E-state index contributed by atoms with van der Waals surface area (Å²) in [6.07, 6.45) is 4.31. The molecule has 4 aromatic rings. The topological polar surface area (TPSA) is 163 Å². The number of hydrogen-bond acceptors (Lipinski definition) is 8. The molecular formula is C58H80N8O6. The number of likely N-dealkylation sites (N-methyl/N-ethyl adjacent to an activating group) is 2. The van der Waals surface area contributed by atoms with Gasteiger partial charge in [0.25, 0.3) is 11.8 Å². The van der Waals surface area contributed by atoms with Crippen molar-refractivity contribution in [3.8, 4) is 0 Å². The fourth-order valence-corrected chi connectivity index (χ4v) is 9.81. The number of rotatable bonds is 20. The quantitative estimate of drug-likeness (QED) is 0.0784. The number of likely N-dealkylation sites (tertiary alicyclic amines) is 2. The Hall–Kier alpha value is -6.12. The van der Waals surface area contributed by atoms with Crippen LogP contribution in [-0.2, 0) is 32.0 Å². The summed E-state index contributed by atoms with van der Waals surface area (Å²) in [5, 5.41) is 13.6. The highest BCUT2D eigenvalue weighted by molar-refractivity contribution is 6.02. The third-order valence-corrected chi connectivity index (χ3v) is 14.6. The van der Waals surface area contributed by atoms with Crippen LogP contribution in [0.25, 0.3) is 10.8 Å². The van der Waals surface area contributed by atoms with Crippen molar-refractivity contribution in [3.63, 3.8) is 0 Å². The average molecular weight is 985 g/mol. The minimum atomic E-state index is -0.746. The van der Waals surface area contributed by atoms with Crippen LogP contribution in [0.1, 0.15) is 113 Å². The van der Waals surface area contributed by atoms with E-state index >= 15 is 0 Å². The number of carbonyl (C=O) groups excluding carboxylic acids is 6. The molecule has 4 aromatic carbocycles. The van der Waals surface area contributed by atoms with Crippen molar-refractivity contribution >= 4 is 46.2 Å². The first-order chi connectivity index (χ1) is 34.2. The second-order valence-corrected chi connectivity index (χ2v) is 22.0. The Morgan fingerprint density at radius 3 is 1.25 bits per heavy atom. The summed E-state index contributed by atoms with van der Waals surface area (Å²) < 4.78 is 0. The lowest BCUT2D eigenvalue weighted by molar-refractivity contribution is -0.141. The molecule has 14 nitrogen and oxygen atoms in total. The van der Waals surface area contributed by atoms with E-state index in [0.717, 1.165) is 47.6 Å². The molecule has 0 spiro atoms. The predicted molar refractivity (Wildman–Crippen MR) is 285 cm³/mol. The molecule has 2 aliphatic rings. The molecule has 2 fully saturated rings. The normalized spacial score (nSPS) is 17.8. The second kappa shape index (κ2) is 24.5. The molecule has 4 N–H and O–H groups in total. The molecule has 0 unspecified atom stereocenters. The van der Waals surface area contributed by atoms with Crippen LogP contribution in [0.2, 0.25) is 0 Å². The third-order valence-electron chi connectivity index (χ3n) is 14.6. The average Bonchev–Trinajstić information content (AvgIpc) is 4.05. The molecule has 0 radical (unpaired) electrons. The molecule has 6 amide bonds. The first-order valence-electron chi connectivity index (χ1n) is 26.0. The highest BCUT2D eigenvalue weighted by Crippen LogP contribution is 2.30. The molecule has 72 heavy (non-hydrogen) atoms. The van der Waals surface area contributed by atoms with Gasteiger partial charge in [-0.1, -0.05) is 114 Å². The summed E-state index contributed by atoms with van der Waals surface area (Å²) in [4.78, 5) is 91.9. The Morgan fingerprint density at radius 1 is 0.556 bits per heavy atom. The maximum Gasteiger partial charge on any atom is 0.253 e. The van der Waals surface area contributed by atoms with Gasteiger partial charge in [-0.15, -0.1) is 0 Å². The van der Waals surface area contributed by atoms with Crippen molar-refractivity contribution < 1.29 is 28.8 Å². The van der Waals surface area contributed by atoms with Gasteiger partial charge in [0, 0.05) is 62.5 Å². The number of fused-ring (bicyclic) bond motifs is 1. The van der Waals surface area contributed by atoms with E-state index in [2.05, 4.69) is 45.5 Å². The zero-order valence-electron chi connectivity index (χ0n) is 44.4. The molecule has 14 heteroatoms. The first kappa shape index (κ1) is 55.2. The number of benzene rings is 4. The van der Waals surface area contributed by atoms with Gasteiger partial charge in [-0.25, -0.2) is 0 Å². The van der Waals surface area contributed by atoms with E-state index in [1.807, 2.05) is 134 Å². The molecule has 0 aliphatic carbocycles. The second-order valence-electron chi connectivity index (χ2n) is 22.0. The number of nitrogens with one attached hydrogen (secondary N) is 4. The molecular weight excluding hydrogens is 905 g/mol. The van der Waals surface area contributed by atoms with Crippen LogP contribution in [0.3, 0.4) is 0 Å². The monoisotopic (exact) mass is 985 g/mol. The fourth-order valence-electron chi connectivity index (χ4n) is 9.81. The number of nitrogens with zero attached hydrogens (tertiary/aromatic N) is 4. The van der Waals surface area contributed by atoms with Crippen LogP contribution < -0.4 is 21.3 Å². The zero-order valence-corrected chi connectivity index (χ0v) is 44.4. The summed E-state index contributed by atoms with van der Waals surface area (Å²) >= 11 is 0. The van der Waals surface area contributed by atoms with Crippen molar-refractivity contribution in [2.24, 2.45) is 10.8 Å². The van der Waals surface area contributed by atoms with Crippen molar-refractivity contribution in [1.82, 2.24) is 40.9 Å². The van der Waals surface area contributed by atoms with Gasteiger partial charge < -0.3 is 40.9 Å². The highest BCUT2D eigenvalue weighted by atomic mass is 16.2. The Kier molecular flexibility index (Phi) is 18.8. The Balaban J connectivity index is 1.24. The van der Waals surface area contributed by atoms with E-state index in [4.69, 9.17) is 0 Å². The molecule has 2 saturated heterocycles. The van der Waals surface area contributed by atoms with E-state index in [-0.39, 0.29) is 47.5 Å². The van der Waals surface area contributed by atoms with E-state index in [0.29, 0.717) is 63.2 Å². The lowest BCUT2D eigenvalue weighted by Crippen LogP contribution is -2.59. The van der Waals surface area contributed by atoms with Gasteiger partial charge >= 0.3 is 0 Å².